The van der Waals surface area contributed by atoms with Crippen LogP contribution in [0.2, 0.25) is 0 Å². The lowest BCUT2D eigenvalue weighted by Gasteiger charge is -2.49. The van der Waals surface area contributed by atoms with Gasteiger partial charge in [0.15, 0.2) is 0 Å². The maximum Gasteiger partial charge on any atom is 0.252 e. The number of benzene rings is 8. The van der Waals surface area contributed by atoms with Crippen molar-refractivity contribution in [2.75, 3.05) is 9.80 Å². The molecule has 0 saturated heterocycles. The minimum atomic E-state index is -0.596. The van der Waals surface area contributed by atoms with Gasteiger partial charge in [-0.25, -0.2) is 8.78 Å². The zero-order valence-corrected chi connectivity index (χ0v) is 30.2. The molecule has 8 aromatic carbocycles. The fourth-order valence-corrected chi connectivity index (χ4v) is 10.8. The number of rotatable bonds is 3. The molecule has 12 rings (SSSR count). The Labute approximate surface area is 322 Å². The van der Waals surface area contributed by atoms with E-state index in [-0.39, 0.29) is 19.1 Å². The van der Waals surface area contributed by atoms with Gasteiger partial charge in [-0.15, -0.1) is 0 Å². The Hall–Kier alpha value is -6.30. The van der Waals surface area contributed by atoms with Crippen molar-refractivity contribution in [2.45, 2.75) is 9.79 Å². The first-order valence-electron chi connectivity index (χ1n) is 18.6. The molecule has 0 radical (unpaired) electrons. The summed E-state index contributed by atoms with van der Waals surface area (Å²) >= 11 is 1.75. The highest BCUT2D eigenvalue weighted by Gasteiger charge is 2.50. The van der Waals surface area contributed by atoms with Gasteiger partial charge in [-0.1, -0.05) is 145 Å². The first kappa shape index (κ1) is 31.1. The van der Waals surface area contributed by atoms with Gasteiger partial charge in [0.1, 0.15) is 17.3 Å². The molecule has 0 amide bonds. The zero-order chi connectivity index (χ0) is 36.4. The van der Waals surface area contributed by atoms with Crippen LogP contribution in [0.3, 0.4) is 0 Å². The molecular weight excluding hydrogens is 696 g/mol. The van der Waals surface area contributed by atoms with Gasteiger partial charge in [0.25, 0.3) is 6.71 Å². The summed E-state index contributed by atoms with van der Waals surface area (Å²) in [6.07, 6.45) is 0. The maximum absolute atomic E-state index is 16.2. The normalized spacial score (nSPS) is 13.8. The summed E-state index contributed by atoms with van der Waals surface area (Å²) in [6, 6.07) is 58.1. The Bertz CT molecular complexity index is 2890. The summed E-state index contributed by atoms with van der Waals surface area (Å²) in [5, 5.41) is 0. The van der Waals surface area contributed by atoms with Crippen LogP contribution in [0.1, 0.15) is 0 Å². The van der Waals surface area contributed by atoms with Gasteiger partial charge in [0.05, 0.1) is 0 Å². The summed E-state index contributed by atoms with van der Waals surface area (Å²) in [5.41, 5.74) is 16.5. The second-order valence-corrected chi connectivity index (χ2v) is 15.7. The van der Waals surface area contributed by atoms with Crippen LogP contribution in [0.5, 0.6) is 0 Å². The summed E-state index contributed by atoms with van der Waals surface area (Å²) in [5.74, 6) is -1.19. The number of hydrogen-bond acceptors (Lipinski definition) is 3. The molecule has 0 aliphatic carbocycles. The standard InChI is InChI=1S/C48H28B2F2N2S/c51-37-18-11-19-38(52)47(37)54-39-20-9-7-16-33(39)49-35-26-31(29-12-3-1-4-13-29)22-24-40(35)53-41-25-23-32(30-14-5-2-6-15-30)27-36(41)50-34-17-8-10-21-43(34)55-44-28-42(54)45(49)48(53)46(44)50/h1-28H. The molecule has 0 unspecified atom stereocenters. The van der Waals surface area contributed by atoms with Gasteiger partial charge in [-0.3, -0.25) is 0 Å². The summed E-state index contributed by atoms with van der Waals surface area (Å²) < 4.78 is 32.3. The van der Waals surface area contributed by atoms with E-state index in [1.165, 1.54) is 50.6 Å². The van der Waals surface area contributed by atoms with E-state index in [4.69, 9.17) is 0 Å². The maximum atomic E-state index is 16.2. The molecule has 4 heterocycles. The van der Waals surface area contributed by atoms with E-state index in [9.17, 15) is 0 Å². The second kappa shape index (κ2) is 11.6. The number of anilines is 6. The third-order valence-electron chi connectivity index (χ3n) is 11.8. The molecule has 0 atom stereocenters. The lowest BCUT2D eigenvalue weighted by molar-refractivity contribution is 0.586. The van der Waals surface area contributed by atoms with Crippen molar-refractivity contribution in [2.24, 2.45) is 0 Å². The zero-order valence-electron chi connectivity index (χ0n) is 29.4. The van der Waals surface area contributed by atoms with Crippen LogP contribution in [0.25, 0.3) is 22.3 Å². The van der Waals surface area contributed by atoms with Crippen LogP contribution < -0.4 is 42.6 Å². The summed E-state index contributed by atoms with van der Waals surface area (Å²) in [6.45, 7) is -0.218. The highest BCUT2D eigenvalue weighted by Crippen LogP contribution is 2.49. The molecule has 4 aliphatic heterocycles. The molecule has 8 aromatic rings. The summed E-state index contributed by atoms with van der Waals surface area (Å²) in [7, 11) is 0. The van der Waals surface area contributed by atoms with Crippen LogP contribution >= 0.6 is 11.8 Å². The predicted molar refractivity (Wildman–Crippen MR) is 226 cm³/mol. The molecule has 2 nitrogen and oxygen atoms in total. The minimum absolute atomic E-state index is 0.0377. The molecule has 0 saturated carbocycles. The first-order chi connectivity index (χ1) is 27.1. The number of nitrogens with zero attached hydrogens (tertiary/aromatic N) is 2. The molecular formula is C48H28B2F2N2S. The average molecular weight is 724 g/mol. The Morgan fingerprint density at radius 2 is 0.891 bits per heavy atom. The number of halogens is 2. The van der Waals surface area contributed by atoms with Gasteiger partial charge in [-0.05, 0) is 92.0 Å². The SMILES string of the molecule is Fc1cccc(F)c1N1c2ccccc2B2c3cc(-c4ccccc4)ccc3N3c4ccc(-c5ccccc5)cc4B4c5ccccc5Sc5cc1c2c3c54. The molecule has 256 valence electrons. The van der Waals surface area contributed by atoms with Gasteiger partial charge < -0.3 is 9.80 Å². The lowest BCUT2D eigenvalue weighted by Crippen LogP contribution is -2.68. The van der Waals surface area contributed by atoms with Gasteiger partial charge >= 0.3 is 0 Å². The molecule has 0 bridgehead atoms. The van der Waals surface area contributed by atoms with Crippen molar-refractivity contribution in [1.29, 1.82) is 0 Å². The largest absolute Gasteiger partial charge is 0.312 e. The molecule has 0 N–H and O–H groups in total. The van der Waals surface area contributed by atoms with Crippen LogP contribution in [-0.4, -0.2) is 13.4 Å². The third kappa shape index (κ3) is 4.33. The topological polar surface area (TPSA) is 6.48 Å². The first-order valence-corrected chi connectivity index (χ1v) is 19.4. The van der Waals surface area contributed by atoms with Crippen molar-refractivity contribution in [1.82, 2.24) is 0 Å². The van der Waals surface area contributed by atoms with E-state index < -0.39 is 11.6 Å². The van der Waals surface area contributed by atoms with Crippen LogP contribution in [0.4, 0.5) is 42.9 Å². The van der Waals surface area contributed by atoms with E-state index in [0.29, 0.717) is 0 Å². The highest BCUT2D eigenvalue weighted by molar-refractivity contribution is 8.00. The number of hydrogen-bond donors (Lipinski definition) is 0. The van der Waals surface area contributed by atoms with Gasteiger partial charge in [0.2, 0.25) is 6.71 Å². The molecule has 0 fully saturated rings. The number of fused-ring (bicyclic) bond motifs is 10. The molecule has 0 spiro atoms. The summed E-state index contributed by atoms with van der Waals surface area (Å²) in [4.78, 5) is 6.59. The van der Waals surface area contributed by atoms with Crippen LogP contribution in [0, 0.1) is 11.6 Å². The lowest BCUT2D eigenvalue weighted by atomic mass is 9.29. The third-order valence-corrected chi connectivity index (χ3v) is 13.0. The van der Waals surface area contributed by atoms with E-state index in [0.717, 1.165) is 60.8 Å². The van der Waals surface area contributed by atoms with E-state index >= 15 is 8.78 Å². The van der Waals surface area contributed by atoms with Crippen LogP contribution in [-0.2, 0) is 0 Å². The average Bonchev–Trinajstić information content (AvgIpc) is 3.24. The Morgan fingerprint density at radius 3 is 1.55 bits per heavy atom. The van der Waals surface area contributed by atoms with Crippen molar-refractivity contribution in [3.8, 4) is 22.3 Å². The Kier molecular flexibility index (Phi) is 6.56. The molecule has 55 heavy (non-hydrogen) atoms. The molecule has 0 aromatic heterocycles. The predicted octanol–water partition coefficient (Wildman–Crippen LogP) is 8.68. The fourth-order valence-electron chi connectivity index (χ4n) is 9.60. The minimum Gasteiger partial charge on any atom is -0.312 e. The molecule has 4 aliphatic rings. The molecule has 7 heteroatoms. The van der Waals surface area contributed by atoms with Crippen molar-refractivity contribution >= 4 is 92.1 Å². The van der Waals surface area contributed by atoms with Crippen LogP contribution in [0.15, 0.2) is 180 Å². The highest BCUT2D eigenvalue weighted by atomic mass is 32.2. The van der Waals surface area contributed by atoms with Crippen molar-refractivity contribution in [3.63, 3.8) is 0 Å². The van der Waals surface area contributed by atoms with E-state index in [1.54, 1.807) is 11.8 Å². The monoisotopic (exact) mass is 724 g/mol. The Balaban J connectivity index is 1.23. The fraction of sp³-hybridized carbons (Fsp3) is 0. The second-order valence-electron chi connectivity index (χ2n) is 14.7. The Morgan fingerprint density at radius 1 is 0.364 bits per heavy atom. The quantitative estimate of drug-likeness (QED) is 0.169. The van der Waals surface area contributed by atoms with Gasteiger partial charge in [0, 0.05) is 38.2 Å². The van der Waals surface area contributed by atoms with E-state index in [1.807, 2.05) is 29.2 Å². The number of para-hydroxylation sites is 2. The van der Waals surface area contributed by atoms with Gasteiger partial charge in [-0.2, -0.15) is 0 Å². The van der Waals surface area contributed by atoms with E-state index in [2.05, 4.69) is 132 Å². The van der Waals surface area contributed by atoms with Crippen molar-refractivity contribution < 1.29 is 8.78 Å². The smallest absolute Gasteiger partial charge is 0.252 e. The van der Waals surface area contributed by atoms with Crippen molar-refractivity contribution in [3.05, 3.63) is 181 Å².